The van der Waals surface area contributed by atoms with Gasteiger partial charge in [-0.15, -0.1) is 0 Å². The lowest BCUT2D eigenvalue weighted by atomic mass is 10.1. The van der Waals surface area contributed by atoms with Crippen molar-refractivity contribution in [2.75, 3.05) is 0 Å². The molecule has 0 aliphatic carbocycles. The summed E-state index contributed by atoms with van der Waals surface area (Å²) in [4.78, 5) is 19.6. The van der Waals surface area contributed by atoms with E-state index in [2.05, 4.69) is 15.3 Å². The van der Waals surface area contributed by atoms with Gasteiger partial charge in [0.05, 0.1) is 11.6 Å². The number of rotatable bonds is 4. The van der Waals surface area contributed by atoms with Crippen molar-refractivity contribution in [1.29, 1.82) is 0 Å². The third-order valence-corrected chi connectivity index (χ3v) is 2.89. The van der Waals surface area contributed by atoms with E-state index in [4.69, 9.17) is 5.73 Å². The molecule has 1 aromatic carbocycles. The van der Waals surface area contributed by atoms with Crippen LogP contribution in [0.5, 0.6) is 0 Å². The van der Waals surface area contributed by atoms with Crippen molar-refractivity contribution >= 4 is 5.91 Å². The predicted octanol–water partition coefficient (Wildman–Crippen LogP) is 1.43. The SMILES string of the molecule is CC(NC(=O)c1cncnc1)c1ccc(CN)cc1. The lowest BCUT2D eigenvalue weighted by Crippen LogP contribution is -2.26. The molecule has 0 radical (unpaired) electrons. The highest BCUT2D eigenvalue weighted by atomic mass is 16.1. The van der Waals surface area contributed by atoms with Gasteiger partial charge in [0, 0.05) is 18.9 Å². The van der Waals surface area contributed by atoms with Crippen molar-refractivity contribution < 1.29 is 4.79 Å². The molecule has 1 amide bonds. The number of nitrogens with zero attached hydrogens (tertiary/aromatic N) is 2. The maximum Gasteiger partial charge on any atom is 0.254 e. The first-order chi connectivity index (χ1) is 9.20. The number of nitrogens with two attached hydrogens (primary N) is 1. The summed E-state index contributed by atoms with van der Waals surface area (Å²) in [6.07, 6.45) is 4.38. The highest BCUT2D eigenvalue weighted by Gasteiger charge is 2.11. The van der Waals surface area contributed by atoms with E-state index in [0.717, 1.165) is 11.1 Å². The first-order valence-electron chi connectivity index (χ1n) is 6.05. The fourth-order valence-electron chi connectivity index (χ4n) is 1.72. The normalized spacial score (nSPS) is 11.9. The lowest BCUT2D eigenvalue weighted by molar-refractivity contribution is 0.0939. The van der Waals surface area contributed by atoms with Crippen molar-refractivity contribution in [3.8, 4) is 0 Å². The Bertz CT molecular complexity index is 539. The molecule has 1 unspecified atom stereocenters. The Morgan fingerprint density at radius 3 is 2.47 bits per heavy atom. The number of hydrogen-bond donors (Lipinski definition) is 2. The smallest absolute Gasteiger partial charge is 0.254 e. The van der Waals surface area contributed by atoms with E-state index in [1.165, 1.54) is 18.7 Å². The second-order valence-electron chi connectivity index (χ2n) is 4.27. The Morgan fingerprint density at radius 1 is 1.26 bits per heavy atom. The van der Waals surface area contributed by atoms with Crippen LogP contribution in [-0.4, -0.2) is 15.9 Å². The van der Waals surface area contributed by atoms with Gasteiger partial charge in [-0.2, -0.15) is 0 Å². The van der Waals surface area contributed by atoms with Crippen LogP contribution in [0.1, 0.15) is 34.5 Å². The van der Waals surface area contributed by atoms with Gasteiger partial charge in [-0.3, -0.25) is 4.79 Å². The molecule has 1 heterocycles. The van der Waals surface area contributed by atoms with Gasteiger partial charge in [0.1, 0.15) is 6.33 Å². The Balaban J connectivity index is 2.04. The molecular weight excluding hydrogens is 240 g/mol. The van der Waals surface area contributed by atoms with Gasteiger partial charge in [-0.05, 0) is 18.1 Å². The summed E-state index contributed by atoms with van der Waals surface area (Å²) in [5.74, 6) is -0.184. The fraction of sp³-hybridized carbons (Fsp3) is 0.214. The lowest BCUT2D eigenvalue weighted by Gasteiger charge is -2.14. The zero-order chi connectivity index (χ0) is 13.7. The van der Waals surface area contributed by atoms with Crippen molar-refractivity contribution in [3.63, 3.8) is 0 Å². The van der Waals surface area contributed by atoms with Crippen LogP contribution in [-0.2, 0) is 6.54 Å². The minimum Gasteiger partial charge on any atom is -0.345 e. The van der Waals surface area contributed by atoms with Crippen LogP contribution in [0, 0.1) is 0 Å². The minimum atomic E-state index is -0.184. The molecule has 2 rings (SSSR count). The summed E-state index contributed by atoms with van der Waals surface area (Å²) in [6, 6.07) is 7.77. The Morgan fingerprint density at radius 2 is 1.89 bits per heavy atom. The zero-order valence-corrected chi connectivity index (χ0v) is 10.7. The average molecular weight is 256 g/mol. The fourth-order valence-corrected chi connectivity index (χ4v) is 1.72. The van der Waals surface area contributed by atoms with Crippen molar-refractivity contribution in [1.82, 2.24) is 15.3 Å². The number of carbonyl (C=O) groups is 1. The first kappa shape index (κ1) is 13.2. The van der Waals surface area contributed by atoms with E-state index in [-0.39, 0.29) is 11.9 Å². The molecule has 1 aromatic heterocycles. The maximum absolute atomic E-state index is 11.9. The van der Waals surface area contributed by atoms with Crippen molar-refractivity contribution in [3.05, 3.63) is 59.7 Å². The van der Waals surface area contributed by atoms with E-state index in [1.807, 2.05) is 31.2 Å². The number of aromatic nitrogens is 2. The van der Waals surface area contributed by atoms with Crippen LogP contribution in [0.2, 0.25) is 0 Å². The van der Waals surface area contributed by atoms with Gasteiger partial charge >= 0.3 is 0 Å². The Kier molecular flexibility index (Phi) is 4.20. The highest BCUT2D eigenvalue weighted by molar-refractivity contribution is 5.93. The maximum atomic E-state index is 11.9. The summed E-state index contributed by atoms with van der Waals surface area (Å²) in [7, 11) is 0. The number of nitrogens with one attached hydrogen (secondary N) is 1. The topological polar surface area (TPSA) is 80.9 Å². The molecule has 0 aliphatic heterocycles. The van der Waals surface area contributed by atoms with Gasteiger partial charge < -0.3 is 11.1 Å². The molecular formula is C14H16N4O. The summed E-state index contributed by atoms with van der Waals surface area (Å²) >= 11 is 0. The molecule has 0 fully saturated rings. The van der Waals surface area contributed by atoms with Crippen LogP contribution < -0.4 is 11.1 Å². The van der Waals surface area contributed by atoms with Crippen LogP contribution in [0.4, 0.5) is 0 Å². The van der Waals surface area contributed by atoms with Gasteiger partial charge in [-0.25, -0.2) is 9.97 Å². The number of amides is 1. The molecule has 0 bridgehead atoms. The van der Waals surface area contributed by atoms with Gasteiger partial charge in [0.25, 0.3) is 5.91 Å². The summed E-state index contributed by atoms with van der Waals surface area (Å²) in [6.45, 7) is 2.45. The van der Waals surface area contributed by atoms with Gasteiger partial charge in [-0.1, -0.05) is 24.3 Å². The Labute approximate surface area is 111 Å². The van der Waals surface area contributed by atoms with E-state index >= 15 is 0 Å². The first-order valence-corrected chi connectivity index (χ1v) is 6.05. The molecule has 19 heavy (non-hydrogen) atoms. The number of carbonyl (C=O) groups excluding carboxylic acids is 1. The minimum absolute atomic E-state index is 0.0838. The predicted molar refractivity (Wildman–Crippen MR) is 72.2 cm³/mol. The molecule has 5 nitrogen and oxygen atoms in total. The standard InChI is InChI=1S/C14H16N4O/c1-10(12-4-2-11(6-15)3-5-12)18-14(19)13-7-16-9-17-8-13/h2-5,7-10H,6,15H2,1H3,(H,18,19). The van der Waals surface area contributed by atoms with Crippen LogP contribution in [0.15, 0.2) is 43.0 Å². The summed E-state index contributed by atoms with van der Waals surface area (Å²) in [5.41, 5.74) is 8.10. The quantitative estimate of drug-likeness (QED) is 0.867. The summed E-state index contributed by atoms with van der Waals surface area (Å²) < 4.78 is 0. The number of benzene rings is 1. The molecule has 2 aromatic rings. The molecule has 0 aliphatic rings. The zero-order valence-electron chi connectivity index (χ0n) is 10.7. The second-order valence-corrected chi connectivity index (χ2v) is 4.27. The average Bonchev–Trinajstić information content (AvgIpc) is 2.48. The van der Waals surface area contributed by atoms with Crippen LogP contribution in [0.3, 0.4) is 0 Å². The van der Waals surface area contributed by atoms with E-state index in [9.17, 15) is 4.79 Å². The van der Waals surface area contributed by atoms with E-state index in [1.54, 1.807) is 0 Å². The molecule has 0 saturated carbocycles. The van der Waals surface area contributed by atoms with Crippen molar-refractivity contribution in [2.24, 2.45) is 5.73 Å². The Hall–Kier alpha value is -2.27. The van der Waals surface area contributed by atoms with Gasteiger partial charge in [0.15, 0.2) is 0 Å². The molecule has 5 heteroatoms. The molecule has 0 saturated heterocycles. The van der Waals surface area contributed by atoms with Crippen LogP contribution >= 0.6 is 0 Å². The molecule has 3 N–H and O–H groups in total. The van der Waals surface area contributed by atoms with Crippen LogP contribution in [0.25, 0.3) is 0 Å². The molecule has 1 atom stereocenters. The van der Waals surface area contributed by atoms with E-state index < -0.39 is 0 Å². The van der Waals surface area contributed by atoms with Crippen molar-refractivity contribution in [2.45, 2.75) is 19.5 Å². The monoisotopic (exact) mass is 256 g/mol. The van der Waals surface area contributed by atoms with Gasteiger partial charge in [0.2, 0.25) is 0 Å². The molecule has 98 valence electrons. The third kappa shape index (κ3) is 3.35. The second kappa shape index (κ2) is 6.06. The third-order valence-electron chi connectivity index (χ3n) is 2.89. The molecule has 0 spiro atoms. The largest absolute Gasteiger partial charge is 0.345 e. The highest BCUT2D eigenvalue weighted by Crippen LogP contribution is 2.13. The number of hydrogen-bond acceptors (Lipinski definition) is 4. The van der Waals surface area contributed by atoms with E-state index in [0.29, 0.717) is 12.1 Å². The summed E-state index contributed by atoms with van der Waals surface area (Å²) in [5, 5.41) is 2.90.